The van der Waals surface area contributed by atoms with E-state index in [0.717, 1.165) is 11.6 Å². The van der Waals surface area contributed by atoms with Gasteiger partial charge < -0.3 is 29.5 Å². The Morgan fingerprint density at radius 2 is 1.93 bits per heavy atom. The van der Waals surface area contributed by atoms with Gasteiger partial charge in [0.1, 0.15) is 6.10 Å². The molecule has 27 heavy (non-hydrogen) atoms. The molecular weight excluding hydrogens is 352 g/mol. The van der Waals surface area contributed by atoms with Gasteiger partial charge in [0.15, 0.2) is 23.0 Å². The molecule has 1 heterocycles. The molecule has 0 amide bonds. The molecule has 142 valence electrons. The number of phenols is 1. The topological polar surface area (TPSA) is 105 Å². The molecule has 2 atom stereocenters. The maximum atomic E-state index is 10.7. The van der Waals surface area contributed by atoms with E-state index < -0.39 is 18.0 Å². The number of ether oxygens (including phenoxy) is 3. The number of aromatic hydroxyl groups is 1. The molecule has 0 unspecified atom stereocenters. The summed E-state index contributed by atoms with van der Waals surface area (Å²) in [5.41, 5.74) is 1.87. The van der Waals surface area contributed by atoms with Gasteiger partial charge in [-0.15, -0.1) is 0 Å². The highest BCUT2D eigenvalue weighted by Gasteiger charge is 2.37. The van der Waals surface area contributed by atoms with Gasteiger partial charge in [0.05, 0.1) is 26.7 Å². The summed E-state index contributed by atoms with van der Waals surface area (Å²) in [6, 6.07) is 8.44. The summed E-state index contributed by atoms with van der Waals surface area (Å²) in [4.78, 5) is 10.7. The van der Waals surface area contributed by atoms with Crippen LogP contribution in [0.3, 0.4) is 0 Å². The zero-order valence-electron chi connectivity index (χ0n) is 14.9. The van der Waals surface area contributed by atoms with Crippen LogP contribution in [0.5, 0.6) is 23.0 Å². The fraction of sp³-hybridized carbons (Fsp3) is 0.250. The molecule has 0 fully saturated rings. The van der Waals surface area contributed by atoms with Crippen molar-refractivity contribution in [2.75, 3.05) is 20.8 Å². The van der Waals surface area contributed by atoms with E-state index in [1.54, 1.807) is 25.3 Å². The van der Waals surface area contributed by atoms with Gasteiger partial charge in [0, 0.05) is 11.6 Å². The molecule has 0 bridgehead atoms. The van der Waals surface area contributed by atoms with Gasteiger partial charge in [-0.05, 0) is 41.5 Å². The SMILES string of the molecule is COc1ccc([C@@H]2Oc3c(O)cc(/C=C/C(=O)O)cc3[C@H]2CO)cc1OC. The van der Waals surface area contributed by atoms with E-state index in [4.69, 9.17) is 19.3 Å². The molecule has 0 radical (unpaired) electrons. The van der Waals surface area contributed by atoms with E-state index in [2.05, 4.69) is 0 Å². The molecule has 7 nitrogen and oxygen atoms in total. The number of aliphatic hydroxyl groups is 1. The number of rotatable bonds is 6. The quantitative estimate of drug-likeness (QED) is 0.670. The molecule has 2 aromatic rings. The predicted molar refractivity (Wildman–Crippen MR) is 97.5 cm³/mol. The Labute approximate surface area is 156 Å². The fourth-order valence-electron chi connectivity index (χ4n) is 3.22. The summed E-state index contributed by atoms with van der Waals surface area (Å²) in [6.07, 6.45) is 1.83. The van der Waals surface area contributed by atoms with Crippen molar-refractivity contribution in [2.24, 2.45) is 0 Å². The fourth-order valence-corrected chi connectivity index (χ4v) is 3.22. The zero-order chi connectivity index (χ0) is 19.6. The summed E-state index contributed by atoms with van der Waals surface area (Å²) in [5, 5.41) is 29.0. The minimum absolute atomic E-state index is 0.112. The first-order chi connectivity index (χ1) is 13.0. The first kappa shape index (κ1) is 18.6. The van der Waals surface area contributed by atoms with E-state index in [-0.39, 0.29) is 18.1 Å². The van der Waals surface area contributed by atoms with Crippen molar-refractivity contribution < 1.29 is 34.3 Å². The molecule has 0 aromatic heterocycles. The van der Waals surface area contributed by atoms with Gasteiger partial charge in [-0.1, -0.05) is 6.07 Å². The molecule has 0 aliphatic carbocycles. The number of aliphatic hydroxyl groups excluding tert-OH is 1. The van der Waals surface area contributed by atoms with Crippen molar-refractivity contribution in [3.8, 4) is 23.0 Å². The number of phenolic OH excluding ortho intramolecular Hbond substituents is 1. The molecule has 7 heteroatoms. The first-order valence-corrected chi connectivity index (χ1v) is 8.25. The number of methoxy groups -OCH3 is 2. The van der Waals surface area contributed by atoms with E-state index >= 15 is 0 Å². The maximum absolute atomic E-state index is 10.7. The average molecular weight is 372 g/mol. The highest BCUT2D eigenvalue weighted by molar-refractivity contribution is 5.85. The van der Waals surface area contributed by atoms with Crippen LogP contribution in [-0.4, -0.2) is 42.1 Å². The normalized spacial score (nSPS) is 18.2. The van der Waals surface area contributed by atoms with Crippen LogP contribution >= 0.6 is 0 Å². The van der Waals surface area contributed by atoms with Crippen LogP contribution in [-0.2, 0) is 4.79 Å². The van der Waals surface area contributed by atoms with Gasteiger partial charge in [-0.2, -0.15) is 0 Å². The molecule has 1 aliphatic heterocycles. The summed E-state index contributed by atoms with van der Waals surface area (Å²) < 4.78 is 16.5. The van der Waals surface area contributed by atoms with Gasteiger partial charge in [0.2, 0.25) is 0 Å². The Morgan fingerprint density at radius 3 is 2.56 bits per heavy atom. The van der Waals surface area contributed by atoms with E-state index in [0.29, 0.717) is 22.6 Å². The highest BCUT2D eigenvalue weighted by atomic mass is 16.5. The summed E-state index contributed by atoms with van der Waals surface area (Å²) in [7, 11) is 3.07. The lowest BCUT2D eigenvalue weighted by atomic mass is 9.90. The van der Waals surface area contributed by atoms with Crippen LogP contribution in [0.2, 0.25) is 0 Å². The lowest BCUT2D eigenvalue weighted by molar-refractivity contribution is -0.131. The summed E-state index contributed by atoms with van der Waals surface area (Å²) in [5.74, 6) is -0.252. The van der Waals surface area contributed by atoms with Crippen molar-refractivity contribution >= 4 is 12.0 Å². The third-order valence-corrected chi connectivity index (χ3v) is 4.48. The van der Waals surface area contributed by atoms with Crippen LogP contribution in [0.1, 0.15) is 28.7 Å². The van der Waals surface area contributed by atoms with Crippen molar-refractivity contribution in [1.29, 1.82) is 0 Å². The van der Waals surface area contributed by atoms with Gasteiger partial charge in [-0.25, -0.2) is 4.79 Å². The molecule has 1 aliphatic rings. The maximum Gasteiger partial charge on any atom is 0.328 e. The number of carboxylic acid groups (broad SMARTS) is 1. The standard InChI is InChI=1S/C20H20O7/c1-25-16-5-4-12(9-17(16)26-2)19-14(10-21)13-7-11(3-6-18(23)24)8-15(22)20(13)27-19/h3-9,14,19,21-22H,10H2,1-2H3,(H,23,24)/b6-3+/t14-,19+/m1/s1. The van der Waals surface area contributed by atoms with E-state index in [9.17, 15) is 15.0 Å². The second-order valence-electron chi connectivity index (χ2n) is 6.07. The summed E-state index contributed by atoms with van der Waals surface area (Å²) >= 11 is 0. The lowest BCUT2D eigenvalue weighted by Gasteiger charge is -2.19. The minimum atomic E-state index is -1.09. The van der Waals surface area contributed by atoms with Crippen molar-refractivity contribution in [1.82, 2.24) is 0 Å². The van der Waals surface area contributed by atoms with Gasteiger partial charge in [0.25, 0.3) is 0 Å². The van der Waals surface area contributed by atoms with Crippen molar-refractivity contribution in [3.63, 3.8) is 0 Å². The largest absolute Gasteiger partial charge is 0.504 e. The molecule has 0 saturated carbocycles. The Hall–Kier alpha value is -3.19. The van der Waals surface area contributed by atoms with Crippen LogP contribution in [0, 0.1) is 0 Å². The Balaban J connectivity index is 2.00. The number of carbonyl (C=O) groups is 1. The first-order valence-electron chi connectivity index (χ1n) is 8.25. The Morgan fingerprint density at radius 1 is 1.19 bits per heavy atom. The lowest BCUT2D eigenvalue weighted by Crippen LogP contribution is -2.13. The smallest absolute Gasteiger partial charge is 0.328 e. The zero-order valence-corrected chi connectivity index (χ0v) is 14.9. The van der Waals surface area contributed by atoms with Crippen LogP contribution in [0.4, 0.5) is 0 Å². The predicted octanol–water partition coefficient (Wildman–Crippen LogP) is 2.72. The molecule has 0 spiro atoms. The van der Waals surface area contributed by atoms with Crippen molar-refractivity contribution in [2.45, 2.75) is 12.0 Å². The number of benzene rings is 2. The van der Waals surface area contributed by atoms with E-state index in [1.165, 1.54) is 19.3 Å². The number of carboxylic acids is 1. The minimum Gasteiger partial charge on any atom is -0.504 e. The number of fused-ring (bicyclic) bond motifs is 1. The number of hydrogen-bond donors (Lipinski definition) is 3. The highest BCUT2D eigenvalue weighted by Crippen LogP contribution is 2.51. The van der Waals surface area contributed by atoms with Crippen LogP contribution in [0.15, 0.2) is 36.4 Å². The third-order valence-electron chi connectivity index (χ3n) is 4.48. The molecule has 2 aromatic carbocycles. The summed E-state index contributed by atoms with van der Waals surface area (Å²) in [6.45, 7) is -0.211. The number of hydrogen-bond acceptors (Lipinski definition) is 6. The van der Waals surface area contributed by atoms with Crippen LogP contribution in [0.25, 0.3) is 6.08 Å². The van der Waals surface area contributed by atoms with Crippen molar-refractivity contribution in [3.05, 3.63) is 53.1 Å². The van der Waals surface area contributed by atoms with Crippen LogP contribution < -0.4 is 14.2 Å². The Kier molecular flexibility index (Phi) is 5.23. The average Bonchev–Trinajstić information content (AvgIpc) is 3.04. The second kappa shape index (κ2) is 7.59. The number of aliphatic carboxylic acids is 1. The molecule has 0 saturated heterocycles. The molecular formula is C20H20O7. The Bertz CT molecular complexity index is 888. The monoisotopic (exact) mass is 372 g/mol. The van der Waals surface area contributed by atoms with Gasteiger partial charge >= 0.3 is 5.97 Å². The molecule has 3 N–H and O–H groups in total. The van der Waals surface area contributed by atoms with E-state index in [1.807, 2.05) is 6.07 Å². The third kappa shape index (κ3) is 3.54. The van der Waals surface area contributed by atoms with Gasteiger partial charge in [-0.3, -0.25) is 0 Å². The second-order valence-corrected chi connectivity index (χ2v) is 6.07. The molecule has 3 rings (SSSR count).